The molecule has 0 amide bonds. The molecular weight excluding hydrogens is 198 g/mol. The van der Waals surface area contributed by atoms with Crippen molar-refractivity contribution >= 4 is 5.69 Å². The molecule has 0 aromatic heterocycles. The SMILES string of the molecule is Fc1ccc(NCC2CCCN2)cc1F. The van der Waals surface area contributed by atoms with Crippen LogP contribution in [0, 0.1) is 11.6 Å². The second-order valence-corrected chi connectivity index (χ2v) is 3.80. The van der Waals surface area contributed by atoms with Crippen LogP contribution in [0.2, 0.25) is 0 Å². The van der Waals surface area contributed by atoms with Crippen molar-refractivity contribution in [1.82, 2.24) is 5.32 Å². The summed E-state index contributed by atoms with van der Waals surface area (Å²) in [5.41, 5.74) is 0.627. The van der Waals surface area contributed by atoms with Crippen LogP contribution in [0.3, 0.4) is 0 Å². The normalized spacial score (nSPS) is 20.5. The molecule has 1 heterocycles. The smallest absolute Gasteiger partial charge is 0.160 e. The highest BCUT2D eigenvalue weighted by atomic mass is 19.2. The maximum atomic E-state index is 12.8. The van der Waals surface area contributed by atoms with Crippen molar-refractivity contribution in [1.29, 1.82) is 0 Å². The standard InChI is InChI=1S/C11H14F2N2/c12-10-4-3-8(6-11(10)13)15-7-9-2-1-5-14-9/h3-4,6,9,14-15H,1-2,5,7H2. The van der Waals surface area contributed by atoms with Gasteiger partial charge in [0, 0.05) is 18.3 Å². The van der Waals surface area contributed by atoms with Crippen molar-refractivity contribution in [3.8, 4) is 0 Å². The lowest BCUT2D eigenvalue weighted by molar-refractivity contribution is 0.509. The van der Waals surface area contributed by atoms with Gasteiger partial charge in [0.15, 0.2) is 11.6 Å². The van der Waals surface area contributed by atoms with Crippen LogP contribution in [0.4, 0.5) is 14.5 Å². The Morgan fingerprint density at radius 1 is 1.33 bits per heavy atom. The summed E-state index contributed by atoms with van der Waals surface area (Å²) in [5, 5.41) is 6.41. The molecule has 0 spiro atoms. The Balaban J connectivity index is 1.90. The first-order valence-corrected chi connectivity index (χ1v) is 5.18. The summed E-state index contributed by atoms with van der Waals surface area (Å²) in [6.45, 7) is 1.80. The number of anilines is 1. The van der Waals surface area contributed by atoms with Crippen molar-refractivity contribution in [3.63, 3.8) is 0 Å². The van der Waals surface area contributed by atoms with E-state index in [0.29, 0.717) is 11.7 Å². The summed E-state index contributed by atoms with van der Waals surface area (Å²) in [6.07, 6.45) is 2.32. The third kappa shape index (κ3) is 2.65. The third-order valence-corrected chi connectivity index (χ3v) is 2.63. The van der Waals surface area contributed by atoms with Crippen molar-refractivity contribution in [2.45, 2.75) is 18.9 Å². The average Bonchev–Trinajstić information content (AvgIpc) is 2.73. The topological polar surface area (TPSA) is 24.1 Å². The molecule has 1 aromatic carbocycles. The lowest BCUT2D eigenvalue weighted by Crippen LogP contribution is -2.29. The second-order valence-electron chi connectivity index (χ2n) is 3.80. The molecular formula is C11H14F2N2. The highest BCUT2D eigenvalue weighted by molar-refractivity contribution is 5.43. The van der Waals surface area contributed by atoms with Gasteiger partial charge in [-0.3, -0.25) is 0 Å². The fourth-order valence-electron chi connectivity index (χ4n) is 1.78. The summed E-state index contributed by atoms with van der Waals surface area (Å²) >= 11 is 0. The second kappa shape index (κ2) is 4.57. The Morgan fingerprint density at radius 2 is 2.20 bits per heavy atom. The van der Waals surface area contributed by atoms with E-state index in [-0.39, 0.29) is 0 Å². The molecule has 1 saturated heterocycles. The molecule has 82 valence electrons. The van der Waals surface area contributed by atoms with Crippen LogP contribution < -0.4 is 10.6 Å². The predicted octanol–water partition coefficient (Wildman–Crippen LogP) is 2.13. The fourth-order valence-corrected chi connectivity index (χ4v) is 1.78. The minimum atomic E-state index is -0.806. The van der Waals surface area contributed by atoms with E-state index in [1.807, 2.05) is 0 Å². The molecule has 2 N–H and O–H groups in total. The average molecular weight is 212 g/mol. The Hall–Kier alpha value is -1.16. The van der Waals surface area contributed by atoms with Crippen molar-refractivity contribution in [2.24, 2.45) is 0 Å². The molecule has 1 aliphatic rings. The van der Waals surface area contributed by atoms with Crippen molar-refractivity contribution in [2.75, 3.05) is 18.4 Å². The zero-order valence-corrected chi connectivity index (χ0v) is 8.39. The monoisotopic (exact) mass is 212 g/mol. The van der Waals surface area contributed by atoms with Crippen LogP contribution in [0.25, 0.3) is 0 Å². The molecule has 1 unspecified atom stereocenters. The Bertz CT molecular complexity index is 335. The van der Waals surface area contributed by atoms with Gasteiger partial charge in [0.2, 0.25) is 0 Å². The van der Waals surface area contributed by atoms with Gasteiger partial charge < -0.3 is 10.6 Å². The van der Waals surface area contributed by atoms with Gasteiger partial charge in [-0.1, -0.05) is 0 Å². The van der Waals surface area contributed by atoms with Crippen molar-refractivity contribution < 1.29 is 8.78 Å². The zero-order chi connectivity index (χ0) is 10.7. The first kappa shape index (κ1) is 10.4. The van der Waals surface area contributed by atoms with E-state index in [9.17, 15) is 8.78 Å². The molecule has 1 aromatic rings. The number of hydrogen-bond acceptors (Lipinski definition) is 2. The maximum absolute atomic E-state index is 12.8. The molecule has 1 atom stereocenters. The van der Waals surface area contributed by atoms with E-state index in [1.165, 1.54) is 12.5 Å². The van der Waals surface area contributed by atoms with E-state index in [0.717, 1.165) is 25.6 Å². The van der Waals surface area contributed by atoms with E-state index >= 15 is 0 Å². The van der Waals surface area contributed by atoms with Gasteiger partial charge in [-0.15, -0.1) is 0 Å². The van der Waals surface area contributed by atoms with Crippen LogP contribution in [-0.2, 0) is 0 Å². The molecule has 2 rings (SSSR count). The number of halogens is 2. The first-order chi connectivity index (χ1) is 7.25. The summed E-state index contributed by atoms with van der Waals surface area (Å²) in [7, 11) is 0. The van der Waals surface area contributed by atoms with E-state index in [4.69, 9.17) is 0 Å². The minimum absolute atomic E-state index is 0.443. The number of hydrogen-bond donors (Lipinski definition) is 2. The maximum Gasteiger partial charge on any atom is 0.160 e. The van der Waals surface area contributed by atoms with E-state index in [1.54, 1.807) is 6.07 Å². The van der Waals surface area contributed by atoms with Gasteiger partial charge in [-0.05, 0) is 37.6 Å². The highest BCUT2D eigenvalue weighted by Gasteiger charge is 2.13. The lowest BCUT2D eigenvalue weighted by atomic mass is 10.2. The van der Waals surface area contributed by atoms with Gasteiger partial charge in [0.1, 0.15) is 0 Å². The molecule has 15 heavy (non-hydrogen) atoms. The van der Waals surface area contributed by atoms with Gasteiger partial charge in [-0.2, -0.15) is 0 Å². The molecule has 2 nitrogen and oxygen atoms in total. The largest absolute Gasteiger partial charge is 0.383 e. The quantitative estimate of drug-likeness (QED) is 0.802. The Labute approximate surface area is 87.7 Å². The number of nitrogens with one attached hydrogen (secondary N) is 2. The Kier molecular flexibility index (Phi) is 3.16. The van der Waals surface area contributed by atoms with Gasteiger partial charge >= 0.3 is 0 Å². The molecule has 0 saturated carbocycles. The van der Waals surface area contributed by atoms with Crippen LogP contribution in [0.1, 0.15) is 12.8 Å². The van der Waals surface area contributed by atoms with Crippen LogP contribution in [0.5, 0.6) is 0 Å². The van der Waals surface area contributed by atoms with Crippen LogP contribution in [-0.4, -0.2) is 19.1 Å². The molecule has 0 bridgehead atoms. The molecule has 1 fully saturated rings. The predicted molar refractivity (Wildman–Crippen MR) is 55.9 cm³/mol. The number of benzene rings is 1. The third-order valence-electron chi connectivity index (χ3n) is 2.63. The summed E-state index contributed by atoms with van der Waals surface area (Å²) in [4.78, 5) is 0. The number of rotatable bonds is 3. The van der Waals surface area contributed by atoms with E-state index < -0.39 is 11.6 Å². The van der Waals surface area contributed by atoms with Gasteiger partial charge in [-0.25, -0.2) is 8.78 Å². The molecule has 0 aliphatic carbocycles. The van der Waals surface area contributed by atoms with Crippen LogP contribution in [0.15, 0.2) is 18.2 Å². The summed E-state index contributed by atoms with van der Waals surface area (Å²) in [6, 6.07) is 4.32. The molecule has 1 aliphatic heterocycles. The van der Waals surface area contributed by atoms with Gasteiger partial charge in [0.05, 0.1) is 0 Å². The fraction of sp³-hybridized carbons (Fsp3) is 0.455. The van der Waals surface area contributed by atoms with Crippen LogP contribution >= 0.6 is 0 Å². The first-order valence-electron chi connectivity index (χ1n) is 5.18. The van der Waals surface area contributed by atoms with Crippen molar-refractivity contribution in [3.05, 3.63) is 29.8 Å². The van der Waals surface area contributed by atoms with E-state index in [2.05, 4.69) is 10.6 Å². The molecule has 0 radical (unpaired) electrons. The Morgan fingerprint density at radius 3 is 2.87 bits per heavy atom. The summed E-state index contributed by atoms with van der Waals surface area (Å²) < 4.78 is 25.5. The van der Waals surface area contributed by atoms with Gasteiger partial charge in [0.25, 0.3) is 0 Å². The lowest BCUT2D eigenvalue weighted by Gasteiger charge is -2.12. The molecule has 4 heteroatoms. The highest BCUT2D eigenvalue weighted by Crippen LogP contribution is 2.14. The zero-order valence-electron chi connectivity index (χ0n) is 8.39. The minimum Gasteiger partial charge on any atom is -0.383 e. The summed E-state index contributed by atoms with van der Waals surface area (Å²) in [5.74, 6) is -1.61.